The normalized spacial score (nSPS) is 21.2. The Morgan fingerprint density at radius 1 is 1.16 bits per heavy atom. The van der Waals surface area contributed by atoms with Crippen LogP contribution >= 0.6 is 0 Å². The molecule has 0 atom stereocenters. The lowest BCUT2D eigenvalue weighted by Crippen LogP contribution is -2.15. The van der Waals surface area contributed by atoms with Crippen molar-refractivity contribution in [1.29, 1.82) is 0 Å². The van der Waals surface area contributed by atoms with E-state index in [1.54, 1.807) is 0 Å². The second kappa shape index (κ2) is 4.73. The fourth-order valence-electron chi connectivity index (χ4n) is 2.23. The zero-order chi connectivity index (χ0) is 13.2. The van der Waals surface area contributed by atoms with Gasteiger partial charge in [-0.25, -0.2) is 0 Å². The Bertz CT molecular complexity index is 658. The predicted molar refractivity (Wildman–Crippen MR) is 81.3 cm³/mol. The summed E-state index contributed by atoms with van der Waals surface area (Å²) in [6, 6.07) is 8.22. The minimum absolute atomic E-state index is 1.05. The number of benzene rings is 1. The molecule has 1 aromatic rings. The van der Waals surface area contributed by atoms with Gasteiger partial charge in [0.05, 0.1) is 5.69 Å². The molecule has 19 heavy (non-hydrogen) atoms. The molecular formula is C17H16N2. The molecule has 0 N–H and O–H groups in total. The van der Waals surface area contributed by atoms with Crippen molar-refractivity contribution < 1.29 is 0 Å². The Kier molecular flexibility index (Phi) is 2.92. The molecule has 0 radical (unpaired) electrons. The first-order chi connectivity index (χ1) is 9.25. The Morgan fingerprint density at radius 2 is 2.00 bits per heavy atom. The van der Waals surface area contributed by atoms with Crippen molar-refractivity contribution in [2.45, 2.75) is 6.92 Å². The van der Waals surface area contributed by atoms with E-state index in [-0.39, 0.29) is 0 Å². The summed E-state index contributed by atoms with van der Waals surface area (Å²) in [5, 5.41) is 0. The fourth-order valence-corrected chi connectivity index (χ4v) is 2.23. The quantitative estimate of drug-likeness (QED) is 0.731. The molecule has 2 aliphatic rings. The highest BCUT2D eigenvalue weighted by molar-refractivity contribution is 6.16. The van der Waals surface area contributed by atoms with Crippen LogP contribution in [0.5, 0.6) is 0 Å². The molecule has 0 amide bonds. The zero-order valence-corrected chi connectivity index (χ0v) is 11.2. The first kappa shape index (κ1) is 11.7. The third kappa shape index (κ3) is 2.17. The van der Waals surface area contributed by atoms with Crippen molar-refractivity contribution in [3.63, 3.8) is 0 Å². The smallest absolute Gasteiger partial charge is 0.0708 e. The van der Waals surface area contributed by atoms with Crippen LogP contribution in [0.15, 0.2) is 71.0 Å². The van der Waals surface area contributed by atoms with Gasteiger partial charge in [0.15, 0.2) is 0 Å². The highest BCUT2D eigenvalue weighted by atomic mass is 15.1. The number of hydrogen-bond donors (Lipinski definition) is 0. The van der Waals surface area contributed by atoms with E-state index in [0.717, 1.165) is 11.3 Å². The molecule has 2 aliphatic heterocycles. The van der Waals surface area contributed by atoms with Gasteiger partial charge in [-0.2, -0.15) is 0 Å². The van der Waals surface area contributed by atoms with Crippen LogP contribution in [0.2, 0.25) is 0 Å². The Labute approximate surface area is 113 Å². The summed E-state index contributed by atoms with van der Waals surface area (Å²) in [4.78, 5) is 6.59. The molecule has 0 saturated carbocycles. The van der Waals surface area contributed by atoms with Gasteiger partial charge in [0, 0.05) is 35.8 Å². The highest BCUT2D eigenvalue weighted by Crippen LogP contribution is 2.31. The molecule has 3 rings (SSSR count). The van der Waals surface area contributed by atoms with Crippen LogP contribution in [0.1, 0.15) is 12.5 Å². The molecule has 2 heteroatoms. The van der Waals surface area contributed by atoms with E-state index >= 15 is 0 Å². The van der Waals surface area contributed by atoms with Crippen molar-refractivity contribution in [1.82, 2.24) is 4.90 Å². The third-order valence-electron chi connectivity index (χ3n) is 3.51. The van der Waals surface area contributed by atoms with Crippen LogP contribution in [0.3, 0.4) is 0 Å². The molecule has 0 saturated heterocycles. The maximum absolute atomic E-state index is 4.41. The molecule has 0 aromatic heterocycles. The van der Waals surface area contributed by atoms with E-state index in [0.29, 0.717) is 0 Å². The first-order valence-electron chi connectivity index (χ1n) is 6.40. The van der Waals surface area contributed by atoms with E-state index in [4.69, 9.17) is 0 Å². The zero-order valence-electron chi connectivity index (χ0n) is 11.2. The number of hydrogen-bond acceptors (Lipinski definition) is 2. The summed E-state index contributed by atoms with van der Waals surface area (Å²) in [7, 11) is 2.08. The number of allylic oxidation sites excluding steroid dienone is 7. The minimum atomic E-state index is 1.05. The summed E-state index contributed by atoms with van der Waals surface area (Å²) in [6.45, 7) is 2.11. The first-order valence-corrected chi connectivity index (χ1v) is 6.40. The maximum atomic E-state index is 4.41. The van der Waals surface area contributed by atoms with Gasteiger partial charge in [0.2, 0.25) is 0 Å². The van der Waals surface area contributed by atoms with Crippen LogP contribution < -0.4 is 0 Å². The Morgan fingerprint density at radius 3 is 2.89 bits per heavy atom. The molecule has 0 aliphatic carbocycles. The van der Waals surface area contributed by atoms with Crippen molar-refractivity contribution >= 4 is 17.5 Å². The van der Waals surface area contributed by atoms with E-state index in [9.17, 15) is 0 Å². The molecule has 0 spiro atoms. The number of likely N-dealkylation sites (N-methyl/N-ethyl adjacent to an activating group) is 1. The summed E-state index contributed by atoms with van der Waals surface area (Å²) < 4.78 is 0. The van der Waals surface area contributed by atoms with Gasteiger partial charge in [0.1, 0.15) is 0 Å². The van der Waals surface area contributed by atoms with Crippen LogP contribution in [0.4, 0.5) is 5.69 Å². The second-order valence-electron chi connectivity index (χ2n) is 4.72. The van der Waals surface area contributed by atoms with Crippen molar-refractivity contribution in [3.8, 4) is 0 Å². The van der Waals surface area contributed by atoms with Gasteiger partial charge in [0.25, 0.3) is 0 Å². The fraction of sp³-hybridized carbons (Fsp3) is 0.118. The lowest BCUT2D eigenvalue weighted by molar-refractivity contribution is 0.533. The van der Waals surface area contributed by atoms with E-state index in [1.165, 1.54) is 17.0 Å². The summed E-state index contributed by atoms with van der Waals surface area (Å²) in [6.07, 6.45) is 12.5. The Balaban J connectivity index is 1.91. The number of para-hydroxylation sites is 1. The lowest BCUT2D eigenvalue weighted by Gasteiger charge is -2.23. The van der Waals surface area contributed by atoms with Crippen molar-refractivity contribution in [3.05, 3.63) is 71.6 Å². The summed E-state index contributed by atoms with van der Waals surface area (Å²) >= 11 is 0. The van der Waals surface area contributed by atoms with Gasteiger partial charge in [-0.1, -0.05) is 30.4 Å². The van der Waals surface area contributed by atoms with Gasteiger partial charge in [-0.05, 0) is 31.2 Å². The number of aliphatic imine (C=N–C) groups is 1. The van der Waals surface area contributed by atoms with Crippen LogP contribution in [0.25, 0.3) is 5.57 Å². The van der Waals surface area contributed by atoms with E-state index in [1.807, 2.05) is 24.4 Å². The van der Waals surface area contributed by atoms with Gasteiger partial charge in [-0.15, -0.1) is 0 Å². The average molecular weight is 248 g/mol. The highest BCUT2D eigenvalue weighted by Gasteiger charge is 2.10. The Hall–Kier alpha value is -2.35. The van der Waals surface area contributed by atoms with Gasteiger partial charge in [-0.3, -0.25) is 4.99 Å². The van der Waals surface area contributed by atoms with Crippen LogP contribution in [-0.4, -0.2) is 18.2 Å². The standard InChI is InChI=1S/C17H16N2/c1-13-6-5-7-15(19(13)2)11-10-14-12-18-17-9-4-3-8-16(14)17/h3-12H,1-2H3/b14-10+,15-11-. The third-order valence-corrected chi connectivity index (χ3v) is 3.51. The molecule has 1 aromatic carbocycles. The molecule has 94 valence electrons. The van der Waals surface area contributed by atoms with Gasteiger partial charge < -0.3 is 4.90 Å². The summed E-state index contributed by atoms with van der Waals surface area (Å²) in [5.74, 6) is 0. The van der Waals surface area contributed by atoms with Crippen molar-refractivity contribution in [2.24, 2.45) is 4.99 Å². The van der Waals surface area contributed by atoms with Gasteiger partial charge >= 0.3 is 0 Å². The second-order valence-corrected chi connectivity index (χ2v) is 4.72. The molecule has 0 unspecified atom stereocenters. The van der Waals surface area contributed by atoms with E-state index < -0.39 is 0 Å². The minimum Gasteiger partial charge on any atom is -0.348 e. The predicted octanol–water partition coefficient (Wildman–Crippen LogP) is 4.08. The molecule has 2 heterocycles. The topological polar surface area (TPSA) is 15.6 Å². The maximum Gasteiger partial charge on any atom is 0.0708 e. The molecule has 2 nitrogen and oxygen atoms in total. The monoisotopic (exact) mass is 248 g/mol. The van der Waals surface area contributed by atoms with Crippen LogP contribution in [0, 0.1) is 0 Å². The SMILES string of the molecule is CC1=CC=C/C(=C/C=C2\C=Nc3ccccc32)N1C. The lowest BCUT2D eigenvalue weighted by atomic mass is 10.1. The van der Waals surface area contributed by atoms with Crippen molar-refractivity contribution in [2.75, 3.05) is 7.05 Å². The molecule has 0 fully saturated rings. The number of fused-ring (bicyclic) bond motifs is 1. The number of rotatable bonds is 1. The summed E-state index contributed by atoms with van der Waals surface area (Å²) in [5.41, 5.74) is 5.85. The molecular weight excluding hydrogens is 232 g/mol. The van der Waals surface area contributed by atoms with E-state index in [2.05, 4.69) is 60.3 Å². The number of nitrogens with zero attached hydrogens (tertiary/aromatic N) is 2. The van der Waals surface area contributed by atoms with Crippen LogP contribution in [-0.2, 0) is 0 Å². The molecule has 0 bridgehead atoms. The largest absolute Gasteiger partial charge is 0.348 e. The average Bonchev–Trinajstić information content (AvgIpc) is 2.84.